The van der Waals surface area contributed by atoms with Crippen LogP contribution in [-0.2, 0) is 14.3 Å². The highest BCUT2D eigenvalue weighted by Crippen LogP contribution is 2.32. The van der Waals surface area contributed by atoms with Gasteiger partial charge >= 0.3 is 0 Å². The van der Waals surface area contributed by atoms with Crippen molar-refractivity contribution in [2.24, 2.45) is 5.92 Å². The van der Waals surface area contributed by atoms with Crippen molar-refractivity contribution in [2.45, 2.75) is 37.8 Å². The number of nitrogens with zero attached hydrogens (tertiary/aromatic N) is 2. The van der Waals surface area contributed by atoms with Gasteiger partial charge in [-0.05, 0) is 25.0 Å². The fraction of sp³-hybridized carbons (Fsp3) is 0.611. The van der Waals surface area contributed by atoms with Crippen molar-refractivity contribution in [1.29, 1.82) is 0 Å². The van der Waals surface area contributed by atoms with Crippen molar-refractivity contribution >= 4 is 11.8 Å². The molecule has 0 spiro atoms. The Morgan fingerprint density at radius 1 is 1.40 bits per heavy atom. The lowest BCUT2D eigenvalue weighted by atomic mass is 9.84. The van der Waals surface area contributed by atoms with E-state index in [0.717, 1.165) is 19.3 Å². The molecule has 1 saturated heterocycles. The number of methoxy groups -OCH3 is 1. The Kier molecular flexibility index (Phi) is 5.86. The molecule has 2 aliphatic rings. The fourth-order valence-corrected chi connectivity index (χ4v) is 3.27. The summed E-state index contributed by atoms with van der Waals surface area (Å²) in [5, 5.41) is 2.84. The predicted octanol–water partition coefficient (Wildman–Crippen LogP) is 0.993. The zero-order valence-electron chi connectivity index (χ0n) is 14.5. The summed E-state index contributed by atoms with van der Waals surface area (Å²) in [6.07, 6.45) is 6.54. The van der Waals surface area contributed by atoms with E-state index >= 15 is 0 Å². The standard InChI is InChI=1S/C18H25N3O4/c1-24-9-8-20-17(22)16-10-15(25-14-6-3-7-19-11-14)12-21(16)18(23)13-4-2-5-13/h3,6-7,11,13,15-16H,2,4-5,8-10,12H2,1H3,(H,20,22)/t15-,16-/m0/s1. The van der Waals surface area contributed by atoms with E-state index in [1.165, 1.54) is 0 Å². The average Bonchev–Trinajstić information content (AvgIpc) is 2.98. The Bertz CT molecular complexity index is 591. The zero-order valence-corrected chi connectivity index (χ0v) is 14.5. The molecule has 2 amide bonds. The average molecular weight is 347 g/mol. The van der Waals surface area contributed by atoms with Gasteiger partial charge in [0.05, 0.1) is 19.3 Å². The molecule has 1 aromatic heterocycles. The first-order valence-electron chi connectivity index (χ1n) is 8.83. The lowest BCUT2D eigenvalue weighted by molar-refractivity contribution is -0.143. The number of carbonyl (C=O) groups excluding carboxylic acids is 2. The van der Waals surface area contributed by atoms with Gasteiger partial charge in [0.25, 0.3) is 0 Å². The molecule has 0 bridgehead atoms. The van der Waals surface area contributed by atoms with Gasteiger partial charge in [0.1, 0.15) is 17.9 Å². The van der Waals surface area contributed by atoms with Crippen LogP contribution in [0.25, 0.3) is 0 Å². The summed E-state index contributed by atoms with van der Waals surface area (Å²) in [5.41, 5.74) is 0. The van der Waals surface area contributed by atoms with Crippen molar-refractivity contribution in [3.8, 4) is 5.75 Å². The van der Waals surface area contributed by atoms with E-state index in [1.54, 1.807) is 30.5 Å². The van der Waals surface area contributed by atoms with Gasteiger partial charge in [-0.1, -0.05) is 6.42 Å². The van der Waals surface area contributed by atoms with Crippen molar-refractivity contribution in [3.63, 3.8) is 0 Å². The van der Waals surface area contributed by atoms with E-state index in [1.807, 2.05) is 6.07 Å². The van der Waals surface area contributed by atoms with Gasteiger partial charge in [-0.3, -0.25) is 14.6 Å². The molecule has 0 aromatic carbocycles. The maximum atomic E-state index is 12.7. The molecule has 136 valence electrons. The predicted molar refractivity (Wildman–Crippen MR) is 91.0 cm³/mol. The molecule has 1 aliphatic carbocycles. The molecule has 1 saturated carbocycles. The van der Waals surface area contributed by atoms with E-state index in [2.05, 4.69) is 10.3 Å². The molecule has 2 fully saturated rings. The number of hydrogen-bond donors (Lipinski definition) is 1. The topological polar surface area (TPSA) is 80.8 Å². The number of aromatic nitrogens is 1. The van der Waals surface area contributed by atoms with Crippen LogP contribution in [0.4, 0.5) is 0 Å². The first-order chi connectivity index (χ1) is 12.2. The Morgan fingerprint density at radius 3 is 2.88 bits per heavy atom. The maximum absolute atomic E-state index is 12.7. The number of hydrogen-bond acceptors (Lipinski definition) is 5. The highest BCUT2D eigenvalue weighted by Gasteiger charge is 2.43. The van der Waals surface area contributed by atoms with E-state index in [9.17, 15) is 9.59 Å². The minimum atomic E-state index is -0.480. The van der Waals surface area contributed by atoms with Crippen LogP contribution in [-0.4, -0.2) is 60.7 Å². The summed E-state index contributed by atoms with van der Waals surface area (Å²) in [7, 11) is 1.59. The first-order valence-corrected chi connectivity index (χ1v) is 8.83. The van der Waals surface area contributed by atoms with E-state index in [-0.39, 0.29) is 23.8 Å². The zero-order chi connectivity index (χ0) is 17.6. The van der Waals surface area contributed by atoms with Crippen LogP contribution in [0.3, 0.4) is 0 Å². The molecule has 1 aliphatic heterocycles. The lowest BCUT2D eigenvalue weighted by Crippen LogP contribution is -2.49. The van der Waals surface area contributed by atoms with Gasteiger partial charge in [0.2, 0.25) is 11.8 Å². The van der Waals surface area contributed by atoms with Crippen LogP contribution in [0.5, 0.6) is 5.75 Å². The van der Waals surface area contributed by atoms with Gasteiger partial charge < -0.3 is 19.7 Å². The number of rotatable bonds is 7. The van der Waals surface area contributed by atoms with Gasteiger partial charge in [-0.25, -0.2) is 0 Å². The van der Waals surface area contributed by atoms with Crippen LogP contribution in [0.2, 0.25) is 0 Å². The number of carbonyl (C=O) groups is 2. The number of likely N-dealkylation sites (tertiary alicyclic amines) is 1. The van der Waals surface area contributed by atoms with Gasteiger partial charge in [-0.15, -0.1) is 0 Å². The molecule has 7 nitrogen and oxygen atoms in total. The van der Waals surface area contributed by atoms with Crippen molar-refractivity contribution < 1.29 is 19.1 Å². The highest BCUT2D eigenvalue weighted by atomic mass is 16.5. The Balaban J connectivity index is 1.65. The van der Waals surface area contributed by atoms with Crippen molar-refractivity contribution in [3.05, 3.63) is 24.5 Å². The number of nitrogens with one attached hydrogen (secondary N) is 1. The third-order valence-electron chi connectivity index (χ3n) is 4.85. The molecule has 0 unspecified atom stereocenters. The fourth-order valence-electron chi connectivity index (χ4n) is 3.27. The third-order valence-corrected chi connectivity index (χ3v) is 4.85. The second kappa shape index (κ2) is 8.29. The second-order valence-electron chi connectivity index (χ2n) is 6.58. The third kappa shape index (κ3) is 4.28. The van der Waals surface area contributed by atoms with E-state index in [0.29, 0.717) is 31.9 Å². The van der Waals surface area contributed by atoms with Crippen LogP contribution < -0.4 is 10.1 Å². The normalized spacial score (nSPS) is 23.2. The Morgan fingerprint density at radius 2 is 2.24 bits per heavy atom. The van der Waals surface area contributed by atoms with Crippen molar-refractivity contribution in [1.82, 2.24) is 15.2 Å². The molecule has 2 atom stereocenters. The molecular weight excluding hydrogens is 322 g/mol. The molecule has 7 heteroatoms. The lowest BCUT2D eigenvalue weighted by Gasteiger charge is -2.32. The van der Waals surface area contributed by atoms with Crippen molar-refractivity contribution in [2.75, 3.05) is 26.8 Å². The van der Waals surface area contributed by atoms with Crippen LogP contribution in [0, 0.1) is 5.92 Å². The number of amides is 2. The highest BCUT2D eigenvalue weighted by molar-refractivity contribution is 5.89. The molecule has 2 heterocycles. The van der Waals surface area contributed by atoms with Crippen LogP contribution in [0.1, 0.15) is 25.7 Å². The second-order valence-corrected chi connectivity index (χ2v) is 6.58. The molecule has 1 aromatic rings. The van der Waals surface area contributed by atoms with Crippen LogP contribution >= 0.6 is 0 Å². The Hall–Kier alpha value is -2.15. The van der Waals surface area contributed by atoms with E-state index in [4.69, 9.17) is 9.47 Å². The minimum Gasteiger partial charge on any atom is -0.487 e. The summed E-state index contributed by atoms with van der Waals surface area (Å²) in [6.45, 7) is 1.32. The molecule has 25 heavy (non-hydrogen) atoms. The van der Waals surface area contributed by atoms with Gasteiger partial charge in [0, 0.05) is 32.2 Å². The van der Waals surface area contributed by atoms with Gasteiger partial charge in [0.15, 0.2) is 0 Å². The van der Waals surface area contributed by atoms with E-state index < -0.39 is 6.04 Å². The molecule has 3 rings (SSSR count). The number of ether oxygens (including phenoxy) is 2. The molecule has 1 N–H and O–H groups in total. The number of pyridine rings is 1. The summed E-state index contributed by atoms with van der Waals surface area (Å²) < 4.78 is 10.9. The quantitative estimate of drug-likeness (QED) is 0.744. The minimum absolute atomic E-state index is 0.0615. The molecule has 0 radical (unpaired) electrons. The summed E-state index contributed by atoms with van der Waals surface area (Å²) in [4.78, 5) is 31.0. The van der Waals surface area contributed by atoms with Gasteiger partial charge in [-0.2, -0.15) is 0 Å². The smallest absolute Gasteiger partial charge is 0.243 e. The molecular formula is C18H25N3O4. The maximum Gasteiger partial charge on any atom is 0.243 e. The summed E-state index contributed by atoms with van der Waals surface area (Å²) in [5.74, 6) is 0.660. The van der Waals surface area contributed by atoms with Crippen LogP contribution in [0.15, 0.2) is 24.5 Å². The summed E-state index contributed by atoms with van der Waals surface area (Å²) >= 11 is 0. The monoisotopic (exact) mass is 347 g/mol. The largest absolute Gasteiger partial charge is 0.487 e. The Labute approximate surface area is 147 Å². The first kappa shape index (κ1) is 17.7. The summed E-state index contributed by atoms with van der Waals surface area (Å²) in [6, 6.07) is 3.15. The SMILES string of the molecule is COCCNC(=O)[C@@H]1C[C@H](Oc2cccnc2)CN1C(=O)C1CCC1.